The molecule has 1 atom stereocenters. The Morgan fingerprint density at radius 3 is 2.50 bits per heavy atom. The predicted molar refractivity (Wildman–Crippen MR) is 65.4 cm³/mol. The van der Waals surface area contributed by atoms with Crippen molar-refractivity contribution in [2.24, 2.45) is 0 Å². The Balaban J connectivity index is 2.57. The Morgan fingerprint density at radius 2 is 2.00 bits per heavy atom. The molecule has 0 saturated heterocycles. The van der Waals surface area contributed by atoms with Crippen molar-refractivity contribution in [3.8, 4) is 0 Å². The Labute approximate surface area is 104 Å². The molecular formula is C11H13Cl2NO2. The van der Waals surface area contributed by atoms with Crippen molar-refractivity contribution < 1.29 is 9.90 Å². The lowest BCUT2D eigenvalue weighted by atomic mass is 10.1. The second kappa shape index (κ2) is 5.97. The average molecular weight is 262 g/mol. The zero-order valence-corrected chi connectivity index (χ0v) is 10.3. The highest BCUT2D eigenvalue weighted by atomic mass is 35.5. The Kier molecular flexibility index (Phi) is 4.90. The Morgan fingerprint density at radius 1 is 1.44 bits per heavy atom. The summed E-state index contributed by atoms with van der Waals surface area (Å²) in [4.78, 5) is 10.4. The second-order valence-corrected chi connectivity index (χ2v) is 4.40. The van der Waals surface area contributed by atoms with Crippen LogP contribution in [0.4, 0.5) is 4.79 Å². The van der Waals surface area contributed by atoms with Crippen molar-refractivity contribution in [3.05, 3.63) is 33.8 Å². The molecule has 1 amide bonds. The molecule has 0 heterocycles. The molecule has 88 valence electrons. The molecule has 0 aliphatic rings. The van der Waals surface area contributed by atoms with Gasteiger partial charge in [-0.3, -0.25) is 0 Å². The minimum absolute atomic E-state index is 0.121. The molecule has 0 radical (unpaired) electrons. The molecule has 0 aliphatic carbocycles. The maximum Gasteiger partial charge on any atom is 0.404 e. The van der Waals surface area contributed by atoms with Gasteiger partial charge in [-0.2, -0.15) is 0 Å². The summed E-state index contributed by atoms with van der Waals surface area (Å²) in [7, 11) is 0. The molecule has 2 N–H and O–H groups in total. The first kappa shape index (κ1) is 13.1. The zero-order valence-electron chi connectivity index (χ0n) is 8.84. The van der Waals surface area contributed by atoms with Crippen molar-refractivity contribution in [1.82, 2.24) is 5.32 Å². The number of benzene rings is 1. The van der Waals surface area contributed by atoms with Gasteiger partial charge in [-0.25, -0.2) is 4.79 Å². The van der Waals surface area contributed by atoms with Gasteiger partial charge in [0.05, 0.1) is 0 Å². The van der Waals surface area contributed by atoms with Crippen LogP contribution in [0, 0.1) is 0 Å². The molecule has 5 heteroatoms. The van der Waals surface area contributed by atoms with Crippen molar-refractivity contribution in [2.75, 3.05) is 0 Å². The molecule has 1 rings (SSSR count). The number of hydrogen-bond donors (Lipinski definition) is 2. The Bertz CT molecular complexity index is 362. The number of hydrogen-bond acceptors (Lipinski definition) is 1. The fourth-order valence-corrected chi connectivity index (χ4v) is 2.00. The van der Waals surface area contributed by atoms with Crippen LogP contribution in [-0.4, -0.2) is 17.2 Å². The molecule has 0 spiro atoms. The zero-order chi connectivity index (χ0) is 12.1. The number of halogens is 2. The van der Waals surface area contributed by atoms with Crippen LogP contribution in [0.15, 0.2) is 18.2 Å². The van der Waals surface area contributed by atoms with Gasteiger partial charge in [0.15, 0.2) is 0 Å². The molecular weight excluding hydrogens is 249 g/mol. The molecule has 1 aromatic rings. The monoisotopic (exact) mass is 261 g/mol. The number of carbonyl (C=O) groups is 1. The minimum Gasteiger partial charge on any atom is -0.465 e. The van der Waals surface area contributed by atoms with E-state index in [-0.39, 0.29) is 6.04 Å². The molecule has 0 saturated carbocycles. The highest BCUT2D eigenvalue weighted by molar-refractivity contribution is 6.35. The maximum atomic E-state index is 10.4. The topological polar surface area (TPSA) is 49.3 Å². The SMILES string of the molecule is CC(CCc1c(Cl)cccc1Cl)NC(=O)O. The third-order valence-electron chi connectivity index (χ3n) is 2.26. The number of amides is 1. The molecule has 3 nitrogen and oxygen atoms in total. The van der Waals surface area contributed by atoms with E-state index in [1.165, 1.54) is 0 Å². The van der Waals surface area contributed by atoms with Gasteiger partial charge in [0.25, 0.3) is 0 Å². The van der Waals surface area contributed by atoms with Crippen LogP contribution in [0.3, 0.4) is 0 Å². The van der Waals surface area contributed by atoms with Crippen LogP contribution >= 0.6 is 23.2 Å². The fourth-order valence-electron chi connectivity index (χ4n) is 1.41. The van der Waals surface area contributed by atoms with Gasteiger partial charge >= 0.3 is 6.09 Å². The summed E-state index contributed by atoms with van der Waals surface area (Å²) in [6.45, 7) is 1.80. The predicted octanol–water partition coefficient (Wildman–Crippen LogP) is 3.58. The van der Waals surface area contributed by atoms with Gasteiger partial charge in [-0.05, 0) is 37.5 Å². The summed E-state index contributed by atoms with van der Waals surface area (Å²) in [6.07, 6.45) is 0.299. The minimum atomic E-state index is -1.02. The lowest BCUT2D eigenvalue weighted by Crippen LogP contribution is -2.31. The van der Waals surface area contributed by atoms with E-state index in [1.54, 1.807) is 25.1 Å². The van der Waals surface area contributed by atoms with Gasteiger partial charge in [-0.15, -0.1) is 0 Å². The largest absolute Gasteiger partial charge is 0.465 e. The van der Waals surface area contributed by atoms with Gasteiger partial charge in [0.2, 0.25) is 0 Å². The Hall–Kier alpha value is -0.930. The van der Waals surface area contributed by atoms with Gasteiger partial charge in [0.1, 0.15) is 0 Å². The standard InChI is InChI=1S/C11H13Cl2NO2/c1-7(14-11(15)16)5-6-8-9(12)3-2-4-10(8)13/h2-4,7,14H,5-6H2,1H3,(H,15,16). The number of rotatable bonds is 4. The summed E-state index contributed by atoms with van der Waals surface area (Å²) in [5, 5.41) is 12.2. The highest BCUT2D eigenvalue weighted by Crippen LogP contribution is 2.25. The molecule has 1 unspecified atom stereocenters. The third kappa shape index (κ3) is 3.91. The summed E-state index contributed by atoms with van der Waals surface area (Å²) in [5.74, 6) is 0. The lowest BCUT2D eigenvalue weighted by Gasteiger charge is -2.12. The number of carboxylic acid groups (broad SMARTS) is 1. The smallest absolute Gasteiger partial charge is 0.404 e. The van der Waals surface area contributed by atoms with Crippen molar-refractivity contribution in [3.63, 3.8) is 0 Å². The van der Waals surface area contributed by atoms with E-state index in [9.17, 15) is 4.79 Å². The van der Waals surface area contributed by atoms with Crippen LogP contribution in [-0.2, 0) is 6.42 Å². The van der Waals surface area contributed by atoms with E-state index in [0.717, 1.165) is 5.56 Å². The first-order valence-corrected chi connectivity index (χ1v) is 5.68. The molecule has 0 fully saturated rings. The second-order valence-electron chi connectivity index (χ2n) is 3.59. The van der Waals surface area contributed by atoms with Crippen LogP contribution in [0.1, 0.15) is 18.9 Å². The molecule has 0 aliphatic heterocycles. The summed E-state index contributed by atoms with van der Waals surface area (Å²) >= 11 is 12.0. The maximum absolute atomic E-state index is 10.4. The van der Waals surface area contributed by atoms with Crippen LogP contribution in [0.25, 0.3) is 0 Å². The first-order chi connectivity index (χ1) is 7.50. The van der Waals surface area contributed by atoms with E-state index in [4.69, 9.17) is 28.3 Å². The normalized spacial score (nSPS) is 12.2. The van der Waals surface area contributed by atoms with Crippen molar-refractivity contribution in [1.29, 1.82) is 0 Å². The van der Waals surface area contributed by atoms with E-state index in [0.29, 0.717) is 22.9 Å². The van der Waals surface area contributed by atoms with Gasteiger partial charge < -0.3 is 10.4 Å². The molecule has 0 aromatic heterocycles. The quantitative estimate of drug-likeness (QED) is 0.871. The first-order valence-electron chi connectivity index (χ1n) is 4.93. The van der Waals surface area contributed by atoms with Gasteiger partial charge in [0, 0.05) is 16.1 Å². The van der Waals surface area contributed by atoms with Crippen LogP contribution in [0.5, 0.6) is 0 Å². The molecule has 0 bridgehead atoms. The van der Waals surface area contributed by atoms with Crippen LogP contribution < -0.4 is 5.32 Å². The van der Waals surface area contributed by atoms with Crippen molar-refractivity contribution in [2.45, 2.75) is 25.8 Å². The van der Waals surface area contributed by atoms with E-state index >= 15 is 0 Å². The highest BCUT2D eigenvalue weighted by Gasteiger charge is 2.09. The number of nitrogens with one attached hydrogen (secondary N) is 1. The van der Waals surface area contributed by atoms with E-state index < -0.39 is 6.09 Å². The van der Waals surface area contributed by atoms with Crippen molar-refractivity contribution >= 4 is 29.3 Å². The third-order valence-corrected chi connectivity index (χ3v) is 2.97. The molecule has 16 heavy (non-hydrogen) atoms. The lowest BCUT2D eigenvalue weighted by molar-refractivity contribution is 0.190. The fraction of sp³-hybridized carbons (Fsp3) is 0.364. The van der Waals surface area contributed by atoms with Crippen LogP contribution in [0.2, 0.25) is 10.0 Å². The summed E-state index contributed by atoms with van der Waals surface area (Å²) in [6, 6.07) is 5.22. The summed E-state index contributed by atoms with van der Waals surface area (Å²) < 4.78 is 0. The van der Waals surface area contributed by atoms with E-state index in [2.05, 4.69) is 5.32 Å². The van der Waals surface area contributed by atoms with E-state index in [1.807, 2.05) is 0 Å². The van der Waals surface area contributed by atoms with Gasteiger partial charge in [-0.1, -0.05) is 29.3 Å². The summed E-state index contributed by atoms with van der Waals surface area (Å²) in [5.41, 5.74) is 0.866. The molecule has 1 aromatic carbocycles. The average Bonchev–Trinajstić information content (AvgIpc) is 2.15.